The summed E-state index contributed by atoms with van der Waals surface area (Å²) in [6.45, 7) is 4.47. The normalized spacial score (nSPS) is 18.0. The van der Waals surface area contributed by atoms with Crippen molar-refractivity contribution in [1.82, 2.24) is 0 Å². The first-order valence-corrected chi connectivity index (χ1v) is 3.08. The van der Waals surface area contributed by atoms with Gasteiger partial charge in [-0.1, -0.05) is 25.0 Å². The van der Waals surface area contributed by atoms with E-state index in [1.807, 2.05) is 0 Å². The van der Waals surface area contributed by atoms with Crippen molar-refractivity contribution in [2.24, 2.45) is 0 Å². The lowest BCUT2D eigenvalue weighted by atomic mass is 10.4. The van der Waals surface area contributed by atoms with Gasteiger partial charge in [-0.3, -0.25) is 0 Å². The monoisotopic (exact) mass is 96.1 g/mol. The molecule has 0 nitrogen and oxygen atoms in total. The zero-order chi connectivity index (χ0) is 5.28. The molecule has 0 saturated heterocycles. The van der Waals surface area contributed by atoms with Gasteiger partial charge in [0.1, 0.15) is 0 Å². The SMILES string of the molecule is CCC1=C(CC)C1. The highest BCUT2D eigenvalue weighted by Crippen LogP contribution is 2.35. The Morgan fingerprint density at radius 3 is 1.71 bits per heavy atom. The quantitative estimate of drug-likeness (QED) is 0.463. The number of hydrogen-bond acceptors (Lipinski definition) is 0. The maximum atomic E-state index is 2.23. The molecule has 0 heteroatoms. The highest BCUT2D eigenvalue weighted by Gasteiger charge is 2.15. The molecule has 0 amide bonds. The Kier molecular flexibility index (Phi) is 1.18. The van der Waals surface area contributed by atoms with Gasteiger partial charge in [0.15, 0.2) is 0 Å². The molecule has 0 aromatic rings. The van der Waals surface area contributed by atoms with Crippen LogP contribution < -0.4 is 0 Å². The molecule has 0 N–H and O–H groups in total. The van der Waals surface area contributed by atoms with Gasteiger partial charge in [-0.05, 0) is 19.3 Å². The van der Waals surface area contributed by atoms with E-state index in [-0.39, 0.29) is 0 Å². The molecule has 0 fully saturated rings. The van der Waals surface area contributed by atoms with E-state index < -0.39 is 0 Å². The van der Waals surface area contributed by atoms with Crippen molar-refractivity contribution >= 4 is 0 Å². The third-order valence-corrected chi connectivity index (χ3v) is 1.66. The van der Waals surface area contributed by atoms with E-state index in [0.717, 1.165) is 0 Å². The standard InChI is InChI=1S/C7H12/c1-3-6-5-7(6)4-2/h3-5H2,1-2H3. The topological polar surface area (TPSA) is 0 Å². The van der Waals surface area contributed by atoms with Crippen LogP contribution in [0.4, 0.5) is 0 Å². The number of hydrogen-bond donors (Lipinski definition) is 0. The van der Waals surface area contributed by atoms with Crippen molar-refractivity contribution in [1.29, 1.82) is 0 Å². The molecule has 0 aliphatic heterocycles. The minimum atomic E-state index is 1.29. The van der Waals surface area contributed by atoms with Gasteiger partial charge in [0.05, 0.1) is 0 Å². The molecular formula is C7H12. The largest absolute Gasteiger partial charge is 0.0669 e. The Morgan fingerprint density at radius 2 is 1.57 bits per heavy atom. The Labute approximate surface area is 45.2 Å². The van der Waals surface area contributed by atoms with Crippen LogP contribution in [-0.2, 0) is 0 Å². The van der Waals surface area contributed by atoms with Gasteiger partial charge in [0, 0.05) is 0 Å². The summed E-state index contributed by atoms with van der Waals surface area (Å²) in [5, 5.41) is 0. The van der Waals surface area contributed by atoms with Crippen LogP contribution in [0.5, 0.6) is 0 Å². The lowest BCUT2D eigenvalue weighted by Gasteiger charge is -1.71. The second-order valence-corrected chi connectivity index (χ2v) is 2.09. The molecule has 0 saturated carbocycles. The summed E-state index contributed by atoms with van der Waals surface area (Å²) in [7, 11) is 0. The van der Waals surface area contributed by atoms with E-state index in [9.17, 15) is 0 Å². The van der Waals surface area contributed by atoms with Crippen LogP contribution in [0.3, 0.4) is 0 Å². The third kappa shape index (κ3) is 0.846. The molecule has 1 aliphatic rings. The van der Waals surface area contributed by atoms with E-state index in [4.69, 9.17) is 0 Å². The van der Waals surface area contributed by atoms with Gasteiger partial charge in [-0.15, -0.1) is 0 Å². The molecule has 1 aliphatic carbocycles. The lowest BCUT2D eigenvalue weighted by molar-refractivity contribution is 1.14. The summed E-state index contributed by atoms with van der Waals surface area (Å²) in [5.41, 5.74) is 3.42. The summed E-state index contributed by atoms with van der Waals surface area (Å²) >= 11 is 0. The van der Waals surface area contributed by atoms with Gasteiger partial charge >= 0.3 is 0 Å². The van der Waals surface area contributed by atoms with Crippen molar-refractivity contribution in [2.75, 3.05) is 0 Å². The Balaban J connectivity index is 2.32. The first-order valence-electron chi connectivity index (χ1n) is 3.08. The van der Waals surface area contributed by atoms with Gasteiger partial charge < -0.3 is 0 Å². The van der Waals surface area contributed by atoms with Crippen molar-refractivity contribution in [3.05, 3.63) is 11.1 Å². The molecule has 40 valence electrons. The van der Waals surface area contributed by atoms with E-state index >= 15 is 0 Å². The maximum absolute atomic E-state index is 2.23. The van der Waals surface area contributed by atoms with Crippen LogP contribution in [0.2, 0.25) is 0 Å². The van der Waals surface area contributed by atoms with Crippen molar-refractivity contribution in [3.63, 3.8) is 0 Å². The molecule has 0 atom stereocenters. The molecule has 0 radical (unpaired) electrons. The summed E-state index contributed by atoms with van der Waals surface area (Å²) in [5.74, 6) is 0. The molecular weight excluding hydrogens is 84.1 g/mol. The van der Waals surface area contributed by atoms with E-state index in [1.54, 1.807) is 11.1 Å². The Bertz CT molecular complexity index is 86.6. The fourth-order valence-corrected chi connectivity index (χ4v) is 0.963. The summed E-state index contributed by atoms with van der Waals surface area (Å²) in [6, 6.07) is 0. The zero-order valence-electron chi connectivity index (χ0n) is 5.12. The predicted molar refractivity (Wildman–Crippen MR) is 32.2 cm³/mol. The third-order valence-electron chi connectivity index (χ3n) is 1.66. The van der Waals surface area contributed by atoms with Crippen LogP contribution in [0.1, 0.15) is 33.1 Å². The molecule has 0 unspecified atom stereocenters. The minimum absolute atomic E-state index is 1.29. The highest BCUT2D eigenvalue weighted by molar-refractivity contribution is 5.33. The van der Waals surface area contributed by atoms with E-state index in [2.05, 4.69) is 13.8 Å². The van der Waals surface area contributed by atoms with Gasteiger partial charge in [0.25, 0.3) is 0 Å². The predicted octanol–water partition coefficient (Wildman–Crippen LogP) is 2.51. The van der Waals surface area contributed by atoms with Crippen LogP contribution in [0.15, 0.2) is 11.1 Å². The lowest BCUT2D eigenvalue weighted by Crippen LogP contribution is -1.51. The molecule has 0 heterocycles. The zero-order valence-corrected chi connectivity index (χ0v) is 5.12. The van der Waals surface area contributed by atoms with E-state index in [0.29, 0.717) is 0 Å². The van der Waals surface area contributed by atoms with Crippen molar-refractivity contribution in [3.8, 4) is 0 Å². The van der Waals surface area contributed by atoms with Crippen molar-refractivity contribution in [2.45, 2.75) is 33.1 Å². The average Bonchev–Trinajstić information content (AvgIpc) is 2.43. The molecule has 0 aromatic heterocycles. The second kappa shape index (κ2) is 1.69. The molecule has 0 spiro atoms. The van der Waals surface area contributed by atoms with Crippen LogP contribution in [0, 0.1) is 0 Å². The molecule has 0 aromatic carbocycles. The second-order valence-electron chi connectivity index (χ2n) is 2.09. The Morgan fingerprint density at radius 1 is 1.14 bits per heavy atom. The molecule has 7 heavy (non-hydrogen) atoms. The van der Waals surface area contributed by atoms with Crippen LogP contribution >= 0.6 is 0 Å². The molecule has 1 rings (SSSR count). The average molecular weight is 96.2 g/mol. The highest BCUT2D eigenvalue weighted by atomic mass is 14.2. The van der Waals surface area contributed by atoms with Gasteiger partial charge in [0.2, 0.25) is 0 Å². The minimum Gasteiger partial charge on any atom is -0.0669 e. The van der Waals surface area contributed by atoms with Crippen LogP contribution in [0.25, 0.3) is 0 Å². The molecule has 0 bridgehead atoms. The van der Waals surface area contributed by atoms with Gasteiger partial charge in [-0.2, -0.15) is 0 Å². The maximum Gasteiger partial charge on any atom is -0.0103 e. The smallest absolute Gasteiger partial charge is 0.0103 e. The van der Waals surface area contributed by atoms with Crippen LogP contribution in [-0.4, -0.2) is 0 Å². The van der Waals surface area contributed by atoms with Gasteiger partial charge in [-0.25, -0.2) is 0 Å². The van der Waals surface area contributed by atoms with Crippen molar-refractivity contribution < 1.29 is 0 Å². The summed E-state index contributed by atoms with van der Waals surface area (Å²) < 4.78 is 0. The van der Waals surface area contributed by atoms with E-state index in [1.165, 1.54) is 19.3 Å². The fraction of sp³-hybridized carbons (Fsp3) is 0.714. The number of allylic oxidation sites excluding steroid dienone is 2. The Hall–Kier alpha value is -0.260. The summed E-state index contributed by atoms with van der Waals surface area (Å²) in [4.78, 5) is 0. The first kappa shape index (κ1) is 4.89. The first-order chi connectivity index (χ1) is 3.38. The number of rotatable bonds is 2. The fourth-order valence-electron chi connectivity index (χ4n) is 0.963. The summed E-state index contributed by atoms with van der Waals surface area (Å²) in [6.07, 6.45) is 3.94.